The Morgan fingerprint density at radius 3 is 2.49 bits per heavy atom. The third kappa shape index (κ3) is 5.82. The van der Waals surface area contributed by atoms with E-state index in [1.165, 1.54) is 0 Å². The number of aromatic nitrogens is 1. The molecule has 2 unspecified atom stereocenters. The first-order valence-corrected chi connectivity index (χ1v) is 13.7. The van der Waals surface area contributed by atoms with E-state index in [0.29, 0.717) is 26.1 Å². The van der Waals surface area contributed by atoms with Crippen molar-refractivity contribution in [3.8, 4) is 16.9 Å². The number of amides is 2. The highest BCUT2D eigenvalue weighted by Gasteiger charge is 2.29. The van der Waals surface area contributed by atoms with Crippen molar-refractivity contribution in [2.24, 2.45) is 5.92 Å². The Kier molecular flexibility index (Phi) is 6.98. The van der Waals surface area contributed by atoms with Crippen LogP contribution >= 0.6 is 11.3 Å². The van der Waals surface area contributed by atoms with E-state index in [0.717, 1.165) is 45.9 Å². The molecule has 37 heavy (non-hydrogen) atoms. The fourth-order valence-electron chi connectivity index (χ4n) is 4.79. The Morgan fingerprint density at radius 2 is 1.84 bits per heavy atom. The maximum absolute atomic E-state index is 12.4. The molecular formula is C28H34N4O4S. The van der Waals surface area contributed by atoms with Crippen molar-refractivity contribution in [1.82, 2.24) is 15.2 Å². The minimum atomic E-state index is -0.485. The quantitative estimate of drug-likeness (QED) is 0.512. The molecule has 1 aromatic heterocycles. The number of fused-ring (bicyclic) bond motifs is 1. The number of thiazole rings is 1. The summed E-state index contributed by atoms with van der Waals surface area (Å²) in [6, 6.07) is 12.7. The van der Waals surface area contributed by atoms with E-state index in [-0.39, 0.29) is 24.0 Å². The van der Waals surface area contributed by atoms with Crippen LogP contribution in [0.1, 0.15) is 34.1 Å². The van der Waals surface area contributed by atoms with Crippen LogP contribution in [0.25, 0.3) is 21.3 Å². The Morgan fingerprint density at radius 1 is 1.11 bits per heavy atom. The van der Waals surface area contributed by atoms with Gasteiger partial charge in [0, 0.05) is 50.7 Å². The molecule has 2 amide bonds. The zero-order valence-electron chi connectivity index (χ0n) is 21.8. The van der Waals surface area contributed by atoms with Crippen molar-refractivity contribution in [2.75, 3.05) is 37.6 Å². The highest BCUT2D eigenvalue weighted by Crippen LogP contribution is 2.36. The molecule has 9 heteroatoms. The SMILES string of the molecule is CC(Oc1cc(-c2ccc(N3CCN(C(=O)OC(C)(C)C)CC3)cc2)cc2ncsc12)C1CNC(=O)C1. The molecule has 8 nitrogen and oxygen atoms in total. The fourth-order valence-corrected chi connectivity index (χ4v) is 5.51. The second-order valence-electron chi connectivity index (χ2n) is 10.8. The van der Waals surface area contributed by atoms with Crippen LogP contribution in [0.2, 0.25) is 0 Å². The number of carbonyl (C=O) groups is 2. The summed E-state index contributed by atoms with van der Waals surface area (Å²) in [7, 11) is 0. The van der Waals surface area contributed by atoms with E-state index in [2.05, 4.69) is 51.6 Å². The zero-order valence-corrected chi connectivity index (χ0v) is 22.6. The Labute approximate surface area is 221 Å². The van der Waals surface area contributed by atoms with Crippen LogP contribution in [0.5, 0.6) is 5.75 Å². The minimum Gasteiger partial charge on any atom is -0.489 e. The Bertz CT molecular complexity index is 1280. The van der Waals surface area contributed by atoms with Crippen molar-refractivity contribution in [3.05, 3.63) is 41.9 Å². The summed E-state index contributed by atoms with van der Waals surface area (Å²) < 4.78 is 12.9. The third-order valence-corrected chi connectivity index (χ3v) is 7.74. The van der Waals surface area contributed by atoms with Crippen LogP contribution in [-0.4, -0.2) is 66.3 Å². The van der Waals surface area contributed by atoms with Crippen LogP contribution in [0.3, 0.4) is 0 Å². The summed E-state index contributed by atoms with van der Waals surface area (Å²) in [5.74, 6) is 1.06. The Hall–Kier alpha value is -3.33. The van der Waals surface area contributed by atoms with Gasteiger partial charge in [-0.25, -0.2) is 9.78 Å². The number of carbonyl (C=O) groups excluding carboxylic acids is 2. The molecular weight excluding hydrogens is 488 g/mol. The van der Waals surface area contributed by atoms with Crippen LogP contribution in [0.4, 0.5) is 10.5 Å². The van der Waals surface area contributed by atoms with Gasteiger partial charge in [-0.3, -0.25) is 4.79 Å². The molecule has 0 radical (unpaired) electrons. The topological polar surface area (TPSA) is 84.0 Å². The highest BCUT2D eigenvalue weighted by atomic mass is 32.1. The number of anilines is 1. The van der Waals surface area contributed by atoms with Crippen molar-refractivity contribution < 1.29 is 19.1 Å². The van der Waals surface area contributed by atoms with Gasteiger partial charge >= 0.3 is 6.09 Å². The third-order valence-electron chi connectivity index (χ3n) is 6.88. The average Bonchev–Trinajstić information content (AvgIpc) is 3.52. The second-order valence-corrected chi connectivity index (χ2v) is 11.6. The lowest BCUT2D eigenvalue weighted by atomic mass is 10.0. The van der Waals surface area contributed by atoms with E-state index >= 15 is 0 Å². The Balaban J connectivity index is 1.28. The standard InChI is InChI=1S/C28H34N4O4S/c1-18(21-15-25(33)29-16-21)35-24-14-20(13-23-26(24)37-17-30-23)19-5-7-22(8-6-19)31-9-11-32(12-10-31)27(34)36-28(2,3)4/h5-8,13-14,17-18,21H,9-12,15-16H2,1-4H3,(H,29,33). The molecule has 2 aliphatic heterocycles. The number of piperazine rings is 1. The van der Waals surface area contributed by atoms with E-state index < -0.39 is 5.60 Å². The fraction of sp³-hybridized carbons (Fsp3) is 0.464. The van der Waals surface area contributed by atoms with Gasteiger partial charge in [-0.05, 0) is 63.1 Å². The maximum atomic E-state index is 12.4. The number of nitrogens with zero attached hydrogens (tertiary/aromatic N) is 3. The molecule has 2 saturated heterocycles. The largest absolute Gasteiger partial charge is 0.489 e. The van der Waals surface area contributed by atoms with Gasteiger partial charge in [0.2, 0.25) is 5.91 Å². The lowest BCUT2D eigenvalue weighted by Crippen LogP contribution is -2.50. The van der Waals surface area contributed by atoms with Gasteiger partial charge in [-0.1, -0.05) is 12.1 Å². The van der Waals surface area contributed by atoms with Crippen molar-refractivity contribution in [2.45, 2.75) is 45.8 Å². The summed E-state index contributed by atoms with van der Waals surface area (Å²) in [5, 5.41) is 2.90. The summed E-state index contributed by atoms with van der Waals surface area (Å²) in [6.07, 6.45) is 0.171. The maximum Gasteiger partial charge on any atom is 0.410 e. The molecule has 2 fully saturated rings. The first-order chi connectivity index (χ1) is 17.7. The first kappa shape index (κ1) is 25.3. The van der Waals surface area contributed by atoms with E-state index in [1.807, 2.05) is 33.2 Å². The lowest BCUT2D eigenvalue weighted by molar-refractivity contribution is -0.119. The van der Waals surface area contributed by atoms with Gasteiger partial charge in [-0.15, -0.1) is 11.3 Å². The summed E-state index contributed by atoms with van der Waals surface area (Å²) in [5.41, 5.74) is 5.52. The molecule has 0 aliphatic carbocycles. The van der Waals surface area contributed by atoms with E-state index in [1.54, 1.807) is 16.2 Å². The second kappa shape index (κ2) is 10.2. The molecule has 1 N–H and O–H groups in total. The van der Waals surface area contributed by atoms with Gasteiger partial charge in [0.25, 0.3) is 0 Å². The average molecular weight is 523 g/mol. The number of hydrogen-bond acceptors (Lipinski definition) is 7. The van der Waals surface area contributed by atoms with Gasteiger partial charge < -0.3 is 24.6 Å². The number of rotatable bonds is 5. The first-order valence-electron chi connectivity index (χ1n) is 12.8. The molecule has 2 aliphatic rings. The van der Waals surface area contributed by atoms with Crippen molar-refractivity contribution >= 4 is 39.2 Å². The molecule has 3 heterocycles. The van der Waals surface area contributed by atoms with Gasteiger partial charge in [0.05, 0.1) is 15.7 Å². The molecule has 0 spiro atoms. The van der Waals surface area contributed by atoms with Gasteiger partial charge in [-0.2, -0.15) is 0 Å². The predicted octanol–water partition coefficient (Wildman–Crippen LogP) is 4.92. The smallest absolute Gasteiger partial charge is 0.410 e. The summed E-state index contributed by atoms with van der Waals surface area (Å²) in [6.45, 7) is 11.1. The van der Waals surface area contributed by atoms with Crippen LogP contribution in [0, 0.1) is 5.92 Å². The number of ether oxygens (including phenoxy) is 2. The number of hydrogen-bond donors (Lipinski definition) is 1. The molecule has 2 atom stereocenters. The molecule has 5 rings (SSSR count). The molecule has 0 bridgehead atoms. The normalized spacial score (nSPS) is 19.1. The molecule has 0 saturated carbocycles. The number of benzene rings is 2. The number of nitrogens with one attached hydrogen (secondary N) is 1. The van der Waals surface area contributed by atoms with Crippen molar-refractivity contribution in [3.63, 3.8) is 0 Å². The van der Waals surface area contributed by atoms with Crippen LogP contribution in [-0.2, 0) is 9.53 Å². The van der Waals surface area contributed by atoms with Crippen molar-refractivity contribution in [1.29, 1.82) is 0 Å². The highest BCUT2D eigenvalue weighted by molar-refractivity contribution is 7.17. The molecule has 2 aromatic carbocycles. The summed E-state index contributed by atoms with van der Waals surface area (Å²) >= 11 is 1.57. The summed E-state index contributed by atoms with van der Waals surface area (Å²) in [4.78, 5) is 32.6. The monoisotopic (exact) mass is 522 g/mol. The minimum absolute atomic E-state index is 0.0822. The molecule has 196 valence electrons. The van der Waals surface area contributed by atoms with E-state index in [4.69, 9.17) is 9.47 Å². The van der Waals surface area contributed by atoms with Crippen LogP contribution < -0.4 is 15.0 Å². The van der Waals surface area contributed by atoms with Crippen LogP contribution in [0.15, 0.2) is 41.9 Å². The predicted molar refractivity (Wildman–Crippen MR) is 146 cm³/mol. The lowest BCUT2D eigenvalue weighted by Gasteiger charge is -2.36. The van der Waals surface area contributed by atoms with E-state index in [9.17, 15) is 9.59 Å². The zero-order chi connectivity index (χ0) is 26.2. The van der Waals surface area contributed by atoms with Gasteiger partial charge in [0.15, 0.2) is 0 Å². The van der Waals surface area contributed by atoms with Gasteiger partial charge in [0.1, 0.15) is 17.5 Å². The molecule has 3 aromatic rings.